The number of pyridine rings is 1. The Morgan fingerprint density at radius 3 is 2.81 bits per heavy atom. The van der Waals surface area contributed by atoms with E-state index in [0.29, 0.717) is 18.6 Å². The van der Waals surface area contributed by atoms with Gasteiger partial charge in [-0.15, -0.1) is 0 Å². The number of carbonyl (C=O) groups is 1. The van der Waals surface area contributed by atoms with E-state index in [4.69, 9.17) is 16.3 Å². The number of hydrogen-bond donors (Lipinski definition) is 2. The molecule has 1 saturated heterocycles. The van der Waals surface area contributed by atoms with Crippen molar-refractivity contribution in [1.29, 1.82) is 0 Å². The first kappa shape index (κ1) is 16.2. The highest BCUT2D eigenvalue weighted by Crippen LogP contribution is 2.23. The Kier molecular flexibility index (Phi) is 4.56. The lowest BCUT2D eigenvalue weighted by Gasteiger charge is -2.21. The molecule has 0 radical (unpaired) electrons. The summed E-state index contributed by atoms with van der Waals surface area (Å²) in [5, 5.41) is 13.2. The molecule has 0 aromatic carbocycles. The fourth-order valence-electron chi connectivity index (χ4n) is 2.09. The predicted molar refractivity (Wildman–Crippen MR) is 80.7 cm³/mol. The monoisotopic (exact) mass is 312 g/mol. The predicted octanol–water partition coefficient (Wildman–Crippen LogP) is 1.91. The summed E-state index contributed by atoms with van der Waals surface area (Å²) in [4.78, 5) is 16.5. The average molecular weight is 313 g/mol. The van der Waals surface area contributed by atoms with Gasteiger partial charge in [-0.05, 0) is 12.1 Å². The Labute approximate surface area is 129 Å². The molecule has 21 heavy (non-hydrogen) atoms. The molecule has 1 atom stereocenters. The number of carbonyl (C=O) groups excluding carboxylic acids is 1. The van der Waals surface area contributed by atoms with Gasteiger partial charge in [-0.3, -0.25) is 4.79 Å². The molecule has 2 heterocycles. The molecule has 0 saturated carbocycles. The maximum atomic E-state index is 12.2. The van der Waals surface area contributed by atoms with Crippen LogP contribution in [0.2, 0.25) is 5.15 Å². The molecule has 116 valence electrons. The van der Waals surface area contributed by atoms with Crippen molar-refractivity contribution in [2.24, 2.45) is 0 Å². The van der Waals surface area contributed by atoms with E-state index in [1.165, 1.54) is 6.07 Å². The Bertz CT molecular complexity index is 534. The van der Waals surface area contributed by atoms with Crippen LogP contribution in [0.15, 0.2) is 12.1 Å². The molecule has 0 bridgehead atoms. The van der Waals surface area contributed by atoms with Crippen molar-refractivity contribution in [2.75, 3.05) is 19.8 Å². The molecule has 1 aliphatic rings. The molecule has 6 heteroatoms. The number of aliphatic hydroxyl groups is 1. The Hall–Kier alpha value is -1.17. The third kappa shape index (κ3) is 4.15. The highest BCUT2D eigenvalue weighted by Gasteiger charge is 2.32. The average Bonchev–Trinajstić information content (AvgIpc) is 2.82. The van der Waals surface area contributed by atoms with Crippen LogP contribution in [-0.2, 0) is 10.2 Å². The SMILES string of the molecule is CC(C)(C)c1cc(C(=O)NCC2(O)CCOC2)cc(Cl)n1. The van der Waals surface area contributed by atoms with E-state index in [0.717, 1.165) is 5.69 Å². The van der Waals surface area contributed by atoms with Crippen LogP contribution in [0.25, 0.3) is 0 Å². The summed E-state index contributed by atoms with van der Waals surface area (Å²) in [7, 11) is 0. The highest BCUT2D eigenvalue weighted by molar-refractivity contribution is 6.29. The summed E-state index contributed by atoms with van der Waals surface area (Å²) in [6.07, 6.45) is 0.525. The summed E-state index contributed by atoms with van der Waals surface area (Å²) in [5.41, 5.74) is 0.0297. The van der Waals surface area contributed by atoms with Crippen LogP contribution in [0, 0.1) is 0 Å². The summed E-state index contributed by atoms with van der Waals surface area (Å²) >= 11 is 5.99. The van der Waals surface area contributed by atoms with Crippen LogP contribution in [0.1, 0.15) is 43.2 Å². The smallest absolute Gasteiger partial charge is 0.251 e. The fourth-order valence-corrected chi connectivity index (χ4v) is 2.30. The first-order valence-electron chi connectivity index (χ1n) is 6.96. The zero-order valence-corrected chi connectivity index (χ0v) is 13.3. The molecule has 1 fully saturated rings. The van der Waals surface area contributed by atoms with E-state index in [-0.39, 0.29) is 29.6 Å². The van der Waals surface area contributed by atoms with Crippen molar-refractivity contribution in [1.82, 2.24) is 10.3 Å². The number of ether oxygens (including phenoxy) is 1. The van der Waals surface area contributed by atoms with Crippen LogP contribution in [0.3, 0.4) is 0 Å². The number of aromatic nitrogens is 1. The number of nitrogens with zero attached hydrogens (tertiary/aromatic N) is 1. The van der Waals surface area contributed by atoms with Crippen LogP contribution >= 0.6 is 11.6 Å². The second kappa shape index (κ2) is 5.91. The molecule has 2 N–H and O–H groups in total. The normalized spacial score (nSPS) is 22.3. The number of amides is 1. The standard InChI is InChI=1S/C15H21ClN2O3/c1-14(2,3)11-6-10(7-12(16)18-11)13(19)17-8-15(20)4-5-21-9-15/h6-7,20H,4-5,8-9H2,1-3H3,(H,17,19). The minimum Gasteiger partial charge on any atom is -0.386 e. The second-order valence-electron chi connectivity index (χ2n) is 6.52. The molecule has 1 amide bonds. The third-order valence-electron chi connectivity index (χ3n) is 3.49. The quantitative estimate of drug-likeness (QED) is 0.836. The van der Waals surface area contributed by atoms with Gasteiger partial charge >= 0.3 is 0 Å². The lowest BCUT2D eigenvalue weighted by molar-refractivity contribution is 0.0264. The van der Waals surface area contributed by atoms with Gasteiger partial charge in [-0.2, -0.15) is 0 Å². The fraction of sp³-hybridized carbons (Fsp3) is 0.600. The molecule has 1 aliphatic heterocycles. The van der Waals surface area contributed by atoms with Crippen LogP contribution in [0.4, 0.5) is 0 Å². The number of halogens is 1. The van der Waals surface area contributed by atoms with Crippen molar-refractivity contribution in [2.45, 2.75) is 38.2 Å². The second-order valence-corrected chi connectivity index (χ2v) is 6.91. The van der Waals surface area contributed by atoms with Crippen molar-refractivity contribution < 1.29 is 14.6 Å². The summed E-state index contributed by atoms with van der Waals surface area (Å²) in [6, 6.07) is 3.26. The number of hydrogen-bond acceptors (Lipinski definition) is 4. The minimum absolute atomic E-state index is 0.163. The van der Waals surface area contributed by atoms with Crippen molar-refractivity contribution in [3.8, 4) is 0 Å². The van der Waals surface area contributed by atoms with Crippen LogP contribution < -0.4 is 5.32 Å². The van der Waals surface area contributed by atoms with Gasteiger partial charge in [-0.1, -0.05) is 32.4 Å². The molecule has 1 aromatic rings. The zero-order chi connectivity index (χ0) is 15.7. The first-order valence-corrected chi connectivity index (χ1v) is 7.34. The summed E-state index contributed by atoms with van der Waals surface area (Å²) in [6.45, 7) is 6.94. The summed E-state index contributed by atoms with van der Waals surface area (Å²) in [5.74, 6) is -0.273. The maximum absolute atomic E-state index is 12.2. The van der Waals surface area contributed by atoms with Crippen molar-refractivity contribution in [3.05, 3.63) is 28.5 Å². The lowest BCUT2D eigenvalue weighted by atomic mass is 9.91. The minimum atomic E-state index is -0.973. The third-order valence-corrected chi connectivity index (χ3v) is 3.68. The molecule has 0 spiro atoms. The molecule has 5 nitrogen and oxygen atoms in total. The van der Waals surface area contributed by atoms with Gasteiger partial charge in [0.25, 0.3) is 5.91 Å². The molecular weight excluding hydrogens is 292 g/mol. The van der Waals surface area contributed by atoms with Crippen molar-refractivity contribution in [3.63, 3.8) is 0 Å². The van der Waals surface area contributed by atoms with E-state index >= 15 is 0 Å². The topological polar surface area (TPSA) is 71.5 Å². The highest BCUT2D eigenvalue weighted by atomic mass is 35.5. The molecule has 1 unspecified atom stereocenters. The van der Waals surface area contributed by atoms with Gasteiger partial charge in [0, 0.05) is 36.2 Å². The van der Waals surface area contributed by atoms with Gasteiger partial charge in [0.05, 0.1) is 6.61 Å². The van der Waals surface area contributed by atoms with Crippen molar-refractivity contribution >= 4 is 17.5 Å². The van der Waals surface area contributed by atoms with E-state index in [2.05, 4.69) is 10.3 Å². The van der Waals surface area contributed by atoms with Crippen LogP contribution in [0.5, 0.6) is 0 Å². The van der Waals surface area contributed by atoms with Gasteiger partial charge < -0.3 is 15.2 Å². The van der Waals surface area contributed by atoms with Crippen LogP contribution in [-0.4, -0.2) is 41.4 Å². The van der Waals surface area contributed by atoms with E-state index in [1.807, 2.05) is 20.8 Å². The van der Waals surface area contributed by atoms with Gasteiger partial charge in [-0.25, -0.2) is 4.98 Å². The lowest BCUT2D eigenvalue weighted by Crippen LogP contribution is -2.43. The largest absolute Gasteiger partial charge is 0.386 e. The van der Waals surface area contributed by atoms with Gasteiger partial charge in [0.2, 0.25) is 0 Å². The Morgan fingerprint density at radius 2 is 2.24 bits per heavy atom. The maximum Gasteiger partial charge on any atom is 0.251 e. The van der Waals surface area contributed by atoms with E-state index in [1.54, 1.807) is 6.07 Å². The van der Waals surface area contributed by atoms with E-state index < -0.39 is 5.60 Å². The van der Waals surface area contributed by atoms with Gasteiger partial charge in [0.15, 0.2) is 0 Å². The molecule has 2 rings (SSSR count). The number of rotatable bonds is 3. The first-order chi connectivity index (χ1) is 9.70. The Balaban J connectivity index is 2.10. The van der Waals surface area contributed by atoms with Gasteiger partial charge in [0.1, 0.15) is 10.8 Å². The molecule has 1 aromatic heterocycles. The zero-order valence-electron chi connectivity index (χ0n) is 12.6. The number of nitrogens with one attached hydrogen (secondary N) is 1. The molecule has 0 aliphatic carbocycles. The Morgan fingerprint density at radius 1 is 1.52 bits per heavy atom. The van der Waals surface area contributed by atoms with E-state index in [9.17, 15) is 9.90 Å². The summed E-state index contributed by atoms with van der Waals surface area (Å²) < 4.78 is 5.15. The molecular formula is C15H21ClN2O3.